The summed E-state index contributed by atoms with van der Waals surface area (Å²) in [5.74, 6) is -1.08. The fraction of sp³-hybridized carbons (Fsp3) is 0.417. The number of sulfone groups is 1. The van der Waals surface area contributed by atoms with Crippen molar-refractivity contribution in [3.05, 3.63) is 29.8 Å². The summed E-state index contributed by atoms with van der Waals surface area (Å²) in [7, 11) is -3.41. The first-order valence-electron chi connectivity index (χ1n) is 5.53. The predicted molar refractivity (Wildman–Crippen MR) is 66.1 cm³/mol. The van der Waals surface area contributed by atoms with Crippen LogP contribution in [0, 0.1) is 0 Å². The molecule has 0 saturated heterocycles. The van der Waals surface area contributed by atoms with E-state index in [0.29, 0.717) is 5.56 Å². The van der Waals surface area contributed by atoms with E-state index in [9.17, 15) is 13.2 Å². The topological polar surface area (TPSA) is 91.7 Å². The molecule has 2 N–H and O–H groups in total. The Morgan fingerprint density at radius 2 is 1.83 bits per heavy atom. The van der Waals surface area contributed by atoms with Crippen LogP contribution >= 0.6 is 0 Å². The average Bonchev–Trinajstić information content (AvgIpc) is 2.26. The maximum atomic E-state index is 11.8. The third-order valence-corrected chi connectivity index (χ3v) is 4.21. The lowest BCUT2D eigenvalue weighted by atomic mass is 10.2. The fourth-order valence-corrected chi connectivity index (χ4v) is 2.87. The second-order valence-corrected chi connectivity index (χ2v) is 6.28. The lowest BCUT2D eigenvalue weighted by Gasteiger charge is -2.06. The van der Waals surface area contributed by atoms with Crippen LogP contribution < -0.4 is 0 Å². The van der Waals surface area contributed by atoms with Crippen molar-refractivity contribution in [3.8, 4) is 0 Å². The molecule has 0 saturated carbocycles. The maximum Gasteiger partial charge on any atom is 0.307 e. The molecule has 0 aliphatic carbocycles. The average molecular weight is 272 g/mol. The minimum Gasteiger partial charge on any atom is -0.481 e. The van der Waals surface area contributed by atoms with Crippen molar-refractivity contribution in [1.29, 1.82) is 0 Å². The van der Waals surface area contributed by atoms with Gasteiger partial charge in [-0.15, -0.1) is 0 Å². The Hall–Kier alpha value is -1.40. The first-order valence-corrected chi connectivity index (χ1v) is 7.18. The molecule has 0 aliphatic rings. The number of carbonyl (C=O) groups is 1. The minimum atomic E-state index is -3.41. The molecule has 0 amide bonds. The number of hydrogen-bond acceptors (Lipinski definition) is 4. The van der Waals surface area contributed by atoms with Crippen LogP contribution in [-0.4, -0.2) is 36.5 Å². The summed E-state index contributed by atoms with van der Waals surface area (Å²) >= 11 is 0. The minimum absolute atomic E-state index is 0.122. The normalized spacial score (nSPS) is 13.2. The highest BCUT2D eigenvalue weighted by molar-refractivity contribution is 7.91. The number of aliphatic hydroxyl groups excluding tert-OH is 1. The molecule has 0 spiro atoms. The van der Waals surface area contributed by atoms with Crippen LogP contribution in [0.5, 0.6) is 0 Å². The standard InChI is InChI=1S/C12H16O5S/c1-9(13)6-7-18(16,17)11-4-2-10(3-5-11)8-12(14)15/h2-5,9,13H,6-8H2,1H3,(H,14,15). The lowest BCUT2D eigenvalue weighted by Crippen LogP contribution is -2.12. The van der Waals surface area contributed by atoms with Crippen molar-refractivity contribution in [2.24, 2.45) is 0 Å². The van der Waals surface area contributed by atoms with Crippen LogP contribution in [0.3, 0.4) is 0 Å². The van der Waals surface area contributed by atoms with Gasteiger partial charge in [0.05, 0.1) is 23.2 Å². The molecule has 0 bridgehead atoms. The highest BCUT2D eigenvalue weighted by Crippen LogP contribution is 2.14. The Balaban J connectivity index is 2.81. The van der Waals surface area contributed by atoms with Crippen LogP contribution in [0.4, 0.5) is 0 Å². The molecule has 1 aromatic rings. The van der Waals surface area contributed by atoms with Gasteiger partial charge in [0.25, 0.3) is 0 Å². The van der Waals surface area contributed by atoms with Gasteiger partial charge in [0.2, 0.25) is 0 Å². The van der Waals surface area contributed by atoms with Gasteiger partial charge in [0.1, 0.15) is 0 Å². The number of aliphatic carboxylic acids is 1. The second-order valence-electron chi connectivity index (χ2n) is 4.17. The van der Waals surface area contributed by atoms with Gasteiger partial charge in [-0.1, -0.05) is 12.1 Å². The van der Waals surface area contributed by atoms with Crippen molar-refractivity contribution in [1.82, 2.24) is 0 Å². The molecule has 0 aromatic heterocycles. The van der Waals surface area contributed by atoms with Gasteiger partial charge in [0, 0.05) is 0 Å². The highest BCUT2D eigenvalue weighted by Gasteiger charge is 2.15. The van der Waals surface area contributed by atoms with Gasteiger partial charge in [0.15, 0.2) is 9.84 Å². The summed E-state index contributed by atoms with van der Waals surface area (Å²) in [4.78, 5) is 10.6. The molecule has 5 nitrogen and oxygen atoms in total. The SMILES string of the molecule is CC(O)CCS(=O)(=O)c1ccc(CC(=O)O)cc1. The summed E-state index contributed by atoms with van der Waals surface area (Å²) < 4.78 is 23.7. The monoisotopic (exact) mass is 272 g/mol. The van der Waals surface area contributed by atoms with Crippen LogP contribution in [-0.2, 0) is 21.1 Å². The van der Waals surface area contributed by atoms with Crippen molar-refractivity contribution in [2.45, 2.75) is 30.8 Å². The molecule has 1 unspecified atom stereocenters. The largest absolute Gasteiger partial charge is 0.481 e. The molecular formula is C12H16O5S. The predicted octanol–water partition coefficient (Wildman–Crippen LogP) is 0.858. The molecule has 0 radical (unpaired) electrons. The summed E-state index contributed by atoms with van der Waals surface area (Å²) in [6, 6.07) is 5.78. The van der Waals surface area contributed by atoms with Crippen LogP contribution in [0.25, 0.3) is 0 Å². The van der Waals surface area contributed by atoms with Gasteiger partial charge in [-0.05, 0) is 31.0 Å². The number of benzene rings is 1. The summed E-state index contributed by atoms with van der Waals surface area (Å²) in [5, 5.41) is 17.7. The van der Waals surface area contributed by atoms with E-state index in [-0.39, 0.29) is 23.5 Å². The van der Waals surface area contributed by atoms with E-state index in [1.54, 1.807) is 0 Å². The van der Waals surface area contributed by atoms with Gasteiger partial charge in [-0.3, -0.25) is 4.79 Å². The maximum absolute atomic E-state index is 11.8. The molecule has 6 heteroatoms. The Bertz CT molecular complexity index is 502. The van der Waals surface area contributed by atoms with Gasteiger partial charge >= 0.3 is 5.97 Å². The number of hydrogen-bond donors (Lipinski definition) is 2. The zero-order valence-corrected chi connectivity index (χ0v) is 10.9. The number of rotatable bonds is 6. The van der Waals surface area contributed by atoms with E-state index in [1.807, 2.05) is 0 Å². The molecule has 0 fully saturated rings. The first-order chi connectivity index (χ1) is 8.31. The zero-order chi connectivity index (χ0) is 13.8. The third kappa shape index (κ3) is 4.46. The van der Waals surface area contributed by atoms with Gasteiger partial charge in [-0.25, -0.2) is 8.42 Å². The Labute approximate surface area is 106 Å². The number of carboxylic acids is 1. The Morgan fingerprint density at radius 1 is 1.28 bits per heavy atom. The summed E-state index contributed by atoms with van der Waals surface area (Å²) in [6.45, 7) is 1.53. The highest BCUT2D eigenvalue weighted by atomic mass is 32.2. The molecular weight excluding hydrogens is 256 g/mol. The van der Waals surface area contributed by atoms with E-state index < -0.39 is 21.9 Å². The molecule has 100 valence electrons. The molecule has 1 atom stereocenters. The van der Waals surface area contributed by atoms with Gasteiger partial charge < -0.3 is 10.2 Å². The zero-order valence-electron chi connectivity index (χ0n) is 10.0. The third-order valence-electron chi connectivity index (χ3n) is 2.44. The van der Waals surface area contributed by atoms with Gasteiger partial charge in [-0.2, -0.15) is 0 Å². The van der Waals surface area contributed by atoms with Crippen molar-refractivity contribution in [3.63, 3.8) is 0 Å². The van der Waals surface area contributed by atoms with E-state index >= 15 is 0 Å². The van der Waals surface area contributed by atoms with E-state index in [2.05, 4.69) is 0 Å². The smallest absolute Gasteiger partial charge is 0.307 e. The van der Waals surface area contributed by atoms with Crippen LogP contribution in [0.15, 0.2) is 29.2 Å². The molecule has 0 heterocycles. The fourth-order valence-electron chi connectivity index (χ4n) is 1.43. The Kier molecular flexibility index (Phi) is 4.86. The molecule has 1 rings (SSSR count). The van der Waals surface area contributed by atoms with Crippen LogP contribution in [0.1, 0.15) is 18.9 Å². The number of carboxylic acid groups (broad SMARTS) is 1. The Morgan fingerprint density at radius 3 is 2.28 bits per heavy atom. The van der Waals surface area contributed by atoms with E-state index in [1.165, 1.54) is 31.2 Å². The molecule has 1 aromatic carbocycles. The molecule has 18 heavy (non-hydrogen) atoms. The van der Waals surface area contributed by atoms with Crippen LogP contribution in [0.2, 0.25) is 0 Å². The van der Waals surface area contributed by atoms with E-state index in [0.717, 1.165) is 0 Å². The van der Waals surface area contributed by atoms with Crippen molar-refractivity contribution < 1.29 is 23.4 Å². The van der Waals surface area contributed by atoms with E-state index in [4.69, 9.17) is 10.2 Å². The summed E-state index contributed by atoms with van der Waals surface area (Å²) in [5.41, 5.74) is 0.553. The number of aliphatic hydroxyl groups is 1. The second kappa shape index (κ2) is 5.97. The lowest BCUT2D eigenvalue weighted by molar-refractivity contribution is -0.136. The quantitative estimate of drug-likeness (QED) is 0.801. The van der Waals surface area contributed by atoms with Crippen molar-refractivity contribution >= 4 is 15.8 Å². The first kappa shape index (κ1) is 14.7. The molecule has 0 aliphatic heterocycles. The summed E-state index contributed by atoms with van der Waals surface area (Å²) in [6.07, 6.45) is -0.612. The van der Waals surface area contributed by atoms with Crippen molar-refractivity contribution in [2.75, 3.05) is 5.75 Å².